The van der Waals surface area contributed by atoms with Crippen molar-refractivity contribution in [3.63, 3.8) is 0 Å². The minimum Gasteiger partial charge on any atom is -0.467 e. The molecule has 0 saturated heterocycles. The number of thioether (sulfide) groups is 1. The first-order valence-corrected chi connectivity index (χ1v) is 8.34. The van der Waals surface area contributed by atoms with Crippen LogP contribution in [0.3, 0.4) is 0 Å². The first kappa shape index (κ1) is 19.3. The molecule has 0 aliphatic rings. The molecule has 0 bridgehead atoms. The predicted octanol–water partition coefficient (Wildman–Crippen LogP) is 3.46. The van der Waals surface area contributed by atoms with Crippen LogP contribution in [-0.2, 0) is 22.3 Å². The molecule has 9 heteroatoms. The number of furan rings is 1. The van der Waals surface area contributed by atoms with Gasteiger partial charge in [-0.3, -0.25) is 4.79 Å². The van der Waals surface area contributed by atoms with Crippen LogP contribution >= 0.6 is 11.8 Å². The summed E-state index contributed by atoms with van der Waals surface area (Å²) in [5.41, 5.74) is -0.817. The number of methoxy groups -OCH3 is 1. The SMILES string of the molecule is COCCN(Cc1ccco1)C(=O)CSc1ccc(C(F)(F)F)cn1. The fourth-order valence-corrected chi connectivity index (χ4v) is 2.69. The number of amides is 1. The fraction of sp³-hybridized carbons (Fsp3) is 0.375. The average Bonchev–Trinajstić information content (AvgIpc) is 3.09. The van der Waals surface area contributed by atoms with Gasteiger partial charge in [-0.1, -0.05) is 11.8 Å². The van der Waals surface area contributed by atoms with E-state index in [0.29, 0.717) is 30.5 Å². The maximum Gasteiger partial charge on any atom is 0.417 e. The Morgan fingerprint density at radius 2 is 2.16 bits per heavy atom. The van der Waals surface area contributed by atoms with E-state index in [1.807, 2.05) is 0 Å². The van der Waals surface area contributed by atoms with Crippen LogP contribution in [0.1, 0.15) is 11.3 Å². The summed E-state index contributed by atoms with van der Waals surface area (Å²) in [5, 5.41) is 0.353. The number of rotatable bonds is 8. The van der Waals surface area contributed by atoms with Gasteiger partial charge in [-0.2, -0.15) is 13.2 Å². The van der Waals surface area contributed by atoms with Gasteiger partial charge in [-0.25, -0.2) is 4.98 Å². The lowest BCUT2D eigenvalue weighted by molar-refractivity contribution is -0.138. The zero-order valence-electron chi connectivity index (χ0n) is 13.5. The Hall–Kier alpha value is -2.00. The lowest BCUT2D eigenvalue weighted by Crippen LogP contribution is -2.34. The molecule has 0 unspecified atom stereocenters. The monoisotopic (exact) mass is 374 g/mol. The van der Waals surface area contributed by atoms with Crippen LogP contribution in [0.4, 0.5) is 13.2 Å². The first-order chi connectivity index (χ1) is 11.9. The van der Waals surface area contributed by atoms with Gasteiger partial charge in [0.2, 0.25) is 5.91 Å². The van der Waals surface area contributed by atoms with Crippen LogP contribution < -0.4 is 0 Å². The molecular formula is C16H17F3N2O3S. The molecule has 0 fully saturated rings. The fourth-order valence-electron chi connectivity index (χ4n) is 1.94. The maximum absolute atomic E-state index is 12.5. The van der Waals surface area contributed by atoms with Crippen LogP contribution in [0.5, 0.6) is 0 Å². The second-order valence-electron chi connectivity index (χ2n) is 5.06. The lowest BCUT2D eigenvalue weighted by Gasteiger charge is -2.21. The Labute approximate surface area is 147 Å². The van der Waals surface area contributed by atoms with Crippen molar-refractivity contribution < 1.29 is 27.1 Å². The summed E-state index contributed by atoms with van der Waals surface area (Å²) in [6.45, 7) is 1.06. The lowest BCUT2D eigenvalue weighted by atomic mass is 10.3. The molecule has 0 aliphatic carbocycles. The Morgan fingerprint density at radius 3 is 2.72 bits per heavy atom. The molecule has 0 atom stereocenters. The first-order valence-electron chi connectivity index (χ1n) is 7.35. The van der Waals surface area contributed by atoms with Crippen LogP contribution in [0, 0.1) is 0 Å². The number of carbonyl (C=O) groups excluding carboxylic acids is 1. The quantitative estimate of drug-likeness (QED) is 0.663. The second kappa shape index (κ2) is 8.91. The summed E-state index contributed by atoms with van der Waals surface area (Å²) in [4.78, 5) is 17.7. The topological polar surface area (TPSA) is 55.6 Å². The van der Waals surface area contributed by atoms with Crippen LogP contribution in [-0.4, -0.2) is 41.8 Å². The van der Waals surface area contributed by atoms with Crippen LogP contribution in [0.2, 0.25) is 0 Å². The van der Waals surface area contributed by atoms with Gasteiger partial charge in [-0.15, -0.1) is 0 Å². The highest BCUT2D eigenvalue weighted by Crippen LogP contribution is 2.29. The van der Waals surface area contributed by atoms with Gasteiger partial charge in [0.1, 0.15) is 5.76 Å². The Morgan fingerprint density at radius 1 is 1.36 bits per heavy atom. The Kier molecular flexibility index (Phi) is 6.89. The third kappa shape index (κ3) is 6.09. The highest BCUT2D eigenvalue weighted by atomic mass is 32.2. The van der Waals surface area contributed by atoms with E-state index >= 15 is 0 Å². The molecule has 0 aliphatic heterocycles. The van der Waals surface area contributed by atoms with Crippen molar-refractivity contribution in [1.82, 2.24) is 9.88 Å². The molecule has 0 radical (unpaired) electrons. The van der Waals surface area contributed by atoms with E-state index in [-0.39, 0.29) is 11.7 Å². The summed E-state index contributed by atoms with van der Waals surface area (Å²) >= 11 is 1.08. The van der Waals surface area contributed by atoms with Gasteiger partial charge in [0.25, 0.3) is 0 Å². The van der Waals surface area contributed by atoms with E-state index in [0.717, 1.165) is 24.0 Å². The molecule has 0 aromatic carbocycles. The second-order valence-corrected chi connectivity index (χ2v) is 6.05. The van der Waals surface area contributed by atoms with Crippen molar-refractivity contribution in [2.75, 3.05) is 26.0 Å². The van der Waals surface area contributed by atoms with Gasteiger partial charge < -0.3 is 14.1 Å². The van der Waals surface area contributed by atoms with E-state index in [1.54, 1.807) is 17.0 Å². The van der Waals surface area contributed by atoms with Gasteiger partial charge >= 0.3 is 6.18 Å². The van der Waals surface area contributed by atoms with Crippen molar-refractivity contribution in [1.29, 1.82) is 0 Å². The van der Waals surface area contributed by atoms with E-state index in [1.165, 1.54) is 19.4 Å². The minimum atomic E-state index is -4.42. The third-order valence-corrected chi connectivity index (χ3v) is 4.18. The molecule has 0 N–H and O–H groups in total. The highest BCUT2D eigenvalue weighted by molar-refractivity contribution is 7.99. The number of halogens is 3. The van der Waals surface area contributed by atoms with Gasteiger partial charge in [0.05, 0.1) is 35.8 Å². The molecule has 5 nitrogen and oxygen atoms in total. The number of aromatic nitrogens is 1. The summed E-state index contributed by atoms with van der Waals surface area (Å²) in [7, 11) is 1.54. The highest BCUT2D eigenvalue weighted by Gasteiger charge is 2.30. The van der Waals surface area contributed by atoms with Crippen molar-refractivity contribution in [2.45, 2.75) is 17.7 Å². The molecule has 0 spiro atoms. The van der Waals surface area contributed by atoms with E-state index in [2.05, 4.69) is 4.98 Å². The van der Waals surface area contributed by atoms with Crippen molar-refractivity contribution in [2.24, 2.45) is 0 Å². The van der Waals surface area contributed by atoms with Crippen molar-refractivity contribution >= 4 is 17.7 Å². The van der Waals surface area contributed by atoms with Gasteiger partial charge in [0.15, 0.2) is 0 Å². The Bertz CT molecular complexity index is 660. The molecule has 1 amide bonds. The van der Waals surface area contributed by atoms with E-state index in [9.17, 15) is 18.0 Å². The molecule has 2 aromatic rings. The summed E-state index contributed by atoms with van der Waals surface area (Å²) < 4.78 is 47.8. The summed E-state index contributed by atoms with van der Waals surface area (Å²) in [6, 6.07) is 5.70. The van der Waals surface area contributed by atoms with Crippen LogP contribution in [0.25, 0.3) is 0 Å². The molecule has 2 aromatic heterocycles. The molecule has 136 valence electrons. The van der Waals surface area contributed by atoms with Crippen molar-refractivity contribution in [3.8, 4) is 0 Å². The number of nitrogens with zero attached hydrogens (tertiary/aromatic N) is 2. The Balaban J connectivity index is 1.93. The molecule has 0 saturated carbocycles. The average molecular weight is 374 g/mol. The maximum atomic E-state index is 12.5. The van der Waals surface area contributed by atoms with E-state index < -0.39 is 11.7 Å². The van der Waals surface area contributed by atoms with Crippen molar-refractivity contribution in [3.05, 3.63) is 48.0 Å². The van der Waals surface area contributed by atoms with Gasteiger partial charge in [-0.05, 0) is 24.3 Å². The molecular weight excluding hydrogens is 357 g/mol. The number of hydrogen-bond donors (Lipinski definition) is 0. The molecule has 2 heterocycles. The normalized spacial score (nSPS) is 11.5. The summed E-state index contributed by atoms with van der Waals surface area (Å²) in [6.07, 6.45) is -2.14. The predicted molar refractivity (Wildman–Crippen MR) is 86.0 cm³/mol. The largest absolute Gasteiger partial charge is 0.467 e. The third-order valence-electron chi connectivity index (χ3n) is 3.25. The minimum absolute atomic E-state index is 0.0583. The van der Waals surface area contributed by atoms with E-state index in [4.69, 9.17) is 9.15 Å². The summed E-state index contributed by atoms with van der Waals surface area (Å²) in [5.74, 6) is 0.519. The number of ether oxygens (including phenoxy) is 1. The van der Waals surface area contributed by atoms with Crippen LogP contribution in [0.15, 0.2) is 46.2 Å². The van der Waals surface area contributed by atoms with Gasteiger partial charge in [0, 0.05) is 19.9 Å². The zero-order chi connectivity index (χ0) is 18.3. The standard InChI is InChI=1S/C16H17F3N2O3S/c1-23-8-6-21(10-13-3-2-7-24-13)15(22)11-25-14-5-4-12(9-20-14)16(17,18)19/h2-5,7,9H,6,8,10-11H2,1H3. The zero-order valence-corrected chi connectivity index (χ0v) is 14.3. The number of alkyl halides is 3. The molecule has 25 heavy (non-hydrogen) atoms. The number of carbonyl (C=O) groups is 1. The smallest absolute Gasteiger partial charge is 0.417 e. The number of pyridine rings is 1. The number of hydrogen-bond acceptors (Lipinski definition) is 5. The molecule has 2 rings (SSSR count).